The minimum absolute atomic E-state index is 0.187. The van der Waals surface area contributed by atoms with E-state index in [1.54, 1.807) is 6.21 Å². The number of nitrogens with one attached hydrogen (secondary N) is 2. The Morgan fingerprint density at radius 1 is 1.06 bits per heavy atom. The van der Waals surface area contributed by atoms with E-state index >= 15 is 0 Å². The average Bonchev–Trinajstić information content (AvgIpc) is 2.82. The van der Waals surface area contributed by atoms with Gasteiger partial charge in [-0.15, -0.1) is 0 Å². The van der Waals surface area contributed by atoms with Crippen molar-refractivity contribution in [3.8, 4) is 5.75 Å². The van der Waals surface area contributed by atoms with Crippen LogP contribution in [-0.4, -0.2) is 52.6 Å². The number of hydrogen-bond acceptors (Lipinski definition) is 9. The van der Waals surface area contributed by atoms with Gasteiger partial charge >= 0.3 is 0 Å². The summed E-state index contributed by atoms with van der Waals surface area (Å²) in [7, 11) is 0. The van der Waals surface area contributed by atoms with Crippen molar-refractivity contribution in [3.05, 3.63) is 60.7 Å². The summed E-state index contributed by atoms with van der Waals surface area (Å²) < 4.78 is 7.21. The highest BCUT2D eigenvalue weighted by molar-refractivity contribution is 14.1. The van der Waals surface area contributed by atoms with Crippen LogP contribution in [-0.2, 0) is 11.3 Å². The Labute approximate surface area is 213 Å². The Balaban J connectivity index is 1.54. The molecule has 2 heterocycles. The molecule has 1 aliphatic rings. The van der Waals surface area contributed by atoms with Crippen LogP contribution in [0.3, 0.4) is 0 Å². The first-order chi connectivity index (χ1) is 15.6. The molecule has 9 nitrogen and oxygen atoms in total. The summed E-state index contributed by atoms with van der Waals surface area (Å²) in [6.45, 7) is 3.26. The van der Waals surface area contributed by atoms with Gasteiger partial charge in [-0.05, 0) is 62.9 Å². The maximum atomic E-state index is 10.3. The lowest BCUT2D eigenvalue weighted by molar-refractivity contribution is 0.122. The van der Waals surface area contributed by atoms with Gasteiger partial charge in [-0.1, -0.05) is 30.3 Å². The molecular weight excluding hydrogens is 636 g/mol. The van der Waals surface area contributed by atoms with Gasteiger partial charge in [0.05, 0.1) is 23.0 Å². The van der Waals surface area contributed by atoms with Gasteiger partial charge in [0.2, 0.25) is 17.8 Å². The number of halogens is 2. The summed E-state index contributed by atoms with van der Waals surface area (Å²) in [5.41, 5.74) is 4.60. The van der Waals surface area contributed by atoms with Crippen molar-refractivity contribution in [2.24, 2.45) is 5.10 Å². The Hall–Kier alpha value is -2.26. The molecule has 3 N–H and O–H groups in total. The lowest BCUT2D eigenvalue weighted by atomic mass is 10.2. The number of anilines is 3. The van der Waals surface area contributed by atoms with E-state index in [2.05, 4.69) is 80.9 Å². The highest BCUT2D eigenvalue weighted by Gasteiger charge is 2.16. The molecule has 0 atom stereocenters. The predicted molar refractivity (Wildman–Crippen MR) is 141 cm³/mol. The van der Waals surface area contributed by atoms with Crippen molar-refractivity contribution >= 4 is 69.2 Å². The third-order valence-electron chi connectivity index (χ3n) is 4.64. The topological polar surface area (TPSA) is 108 Å². The molecule has 1 aromatic heterocycles. The second kappa shape index (κ2) is 11.0. The van der Waals surface area contributed by atoms with Gasteiger partial charge in [0.15, 0.2) is 0 Å². The molecule has 11 heteroatoms. The summed E-state index contributed by atoms with van der Waals surface area (Å²) in [6.07, 6.45) is 1.55. The van der Waals surface area contributed by atoms with E-state index in [4.69, 9.17) is 4.74 Å². The molecular formula is C21H21I2N7O2. The highest BCUT2D eigenvalue weighted by atomic mass is 127. The number of phenolic OH excluding ortho intramolecular Hbond substituents is 1. The van der Waals surface area contributed by atoms with E-state index in [0.29, 0.717) is 56.3 Å². The Kier molecular flexibility index (Phi) is 7.91. The molecule has 0 bridgehead atoms. The molecule has 4 rings (SSSR count). The molecule has 0 radical (unpaired) electrons. The number of ether oxygens (including phenoxy) is 1. The SMILES string of the molecule is Oc1c(I)cc(I)cc1/C=N/Nc1nc(NCc2ccccc2)nc(N2CCOCC2)n1. The van der Waals surface area contributed by atoms with Crippen molar-refractivity contribution in [3.63, 3.8) is 0 Å². The lowest BCUT2D eigenvalue weighted by Gasteiger charge is -2.27. The van der Waals surface area contributed by atoms with Crippen LogP contribution in [0.5, 0.6) is 5.75 Å². The molecule has 0 unspecified atom stereocenters. The van der Waals surface area contributed by atoms with Crippen molar-refractivity contribution < 1.29 is 9.84 Å². The van der Waals surface area contributed by atoms with Gasteiger partial charge < -0.3 is 20.1 Å². The molecule has 0 saturated carbocycles. The lowest BCUT2D eigenvalue weighted by Crippen LogP contribution is -2.37. The largest absolute Gasteiger partial charge is 0.506 e. The number of aromatic hydroxyl groups is 1. The fraction of sp³-hybridized carbons (Fsp3) is 0.238. The van der Waals surface area contributed by atoms with Crippen molar-refractivity contribution in [2.45, 2.75) is 6.54 Å². The first-order valence-corrected chi connectivity index (χ1v) is 12.1. The number of hydrogen-bond donors (Lipinski definition) is 3. The Morgan fingerprint density at radius 2 is 1.81 bits per heavy atom. The molecule has 1 aliphatic heterocycles. The highest BCUT2D eigenvalue weighted by Crippen LogP contribution is 2.25. The van der Waals surface area contributed by atoms with E-state index in [9.17, 15) is 5.11 Å². The second-order valence-corrected chi connectivity index (χ2v) is 9.32. The smallest absolute Gasteiger partial charge is 0.250 e. The van der Waals surface area contributed by atoms with Crippen LogP contribution in [0.1, 0.15) is 11.1 Å². The zero-order valence-electron chi connectivity index (χ0n) is 17.0. The van der Waals surface area contributed by atoms with Gasteiger partial charge in [-0.2, -0.15) is 20.1 Å². The van der Waals surface area contributed by atoms with Gasteiger partial charge in [-0.3, -0.25) is 0 Å². The van der Waals surface area contributed by atoms with Gasteiger partial charge in [0.1, 0.15) is 5.75 Å². The fourth-order valence-electron chi connectivity index (χ4n) is 3.02. The monoisotopic (exact) mass is 657 g/mol. The van der Waals surface area contributed by atoms with Gasteiger partial charge in [0, 0.05) is 28.8 Å². The molecule has 1 fully saturated rings. The Bertz CT molecular complexity index is 1090. The molecule has 3 aromatic rings. The van der Waals surface area contributed by atoms with Crippen LogP contribution in [0.25, 0.3) is 0 Å². The number of morpholine rings is 1. The minimum atomic E-state index is 0.187. The van der Waals surface area contributed by atoms with Crippen LogP contribution in [0.2, 0.25) is 0 Å². The summed E-state index contributed by atoms with van der Waals surface area (Å²) in [5.74, 6) is 1.51. The second-order valence-electron chi connectivity index (χ2n) is 6.92. The number of rotatable bonds is 7. The fourth-order valence-corrected chi connectivity index (χ4v) is 4.91. The average molecular weight is 657 g/mol. The maximum absolute atomic E-state index is 10.3. The zero-order valence-corrected chi connectivity index (χ0v) is 21.3. The van der Waals surface area contributed by atoms with Crippen molar-refractivity contribution in [1.29, 1.82) is 0 Å². The third kappa shape index (κ3) is 6.16. The van der Waals surface area contributed by atoms with Crippen LogP contribution >= 0.6 is 45.2 Å². The van der Waals surface area contributed by atoms with Gasteiger partial charge in [-0.25, -0.2) is 5.43 Å². The van der Waals surface area contributed by atoms with E-state index in [0.717, 1.165) is 12.7 Å². The van der Waals surface area contributed by atoms with Crippen LogP contribution in [0, 0.1) is 7.14 Å². The standard InChI is InChI=1S/C21H21I2N7O2/c22-16-10-15(18(31)17(23)11-16)13-25-29-20-26-19(24-12-14-4-2-1-3-5-14)27-21(28-20)30-6-8-32-9-7-30/h1-5,10-11,13,31H,6-9,12H2,(H2,24,26,27,28,29)/b25-13+. The summed E-state index contributed by atoms with van der Waals surface area (Å²) in [6, 6.07) is 13.8. The van der Waals surface area contributed by atoms with Crippen molar-refractivity contribution in [2.75, 3.05) is 41.9 Å². The molecule has 1 saturated heterocycles. The summed E-state index contributed by atoms with van der Waals surface area (Å²) in [5, 5.41) is 17.8. The molecule has 166 valence electrons. The predicted octanol–water partition coefficient (Wildman–Crippen LogP) is 3.68. The first-order valence-electron chi connectivity index (χ1n) is 9.92. The third-order valence-corrected chi connectivity index (χ3v) is 6.08. The molecule has 0 aliphatic carbocycles. The van der Waals surface area contributed by atoms with Gasteiger partial charge in [0.25, 0.3) is 0 Å². The Morgan fingerprint density at radius 3 is 2.59 bits per heavy atom. The molecule has 0 spiro atoms. The van der Waals surface area contributed by atoms with Crippen LogP contribution < -0.4 is 15.6 Å². The van der Waals surface area contributed by atoms with E-state index in [1.807, 2.05) is 42.5 Å². The number of hydrazone groups is 1. The van der Waals surface area contributed by atoms with Crippen LogP contribution in [0.4, 0.5) is 17.8 Å². The zero-order chi connectivity index (χ0) is 22.3. The number of aromatic nitrogens is 3. The quantitative estimate of drug-likeness (QED) is 0.201. The van der Waals surface area contributed by atoms with Crippen molar-refractivity contribution in [1.82, 2.24) is 15.0 Å². The summed E-state index contributed by atoms with van der Waals surface area (Å²) >= 11 is 4.30. The molecule has 32 heavy (non-hydrogen) atoms. The van der Waals surface area contributed by atoms with E-state index in [-0.39, 0.29) is 5.75 Å². The molecule has 2 aromatic carbocycles. The normalized spacial score (nSPS) is 14.0. The maximum Gasteiger partial charge on any atom is 0.250 e. The van der Waals surface area contributed by atoms with Crippen LogP contribution in [0.15, 0.2) is 47.6 Å². The first kappa shape index (κ1) is 22.9. The van der Waals surface area contributed by atoms with E-state index in [1.165, 1.54) is 0 Å². The molecule has 0 amide bonds. The number of nitrogens with zero attached hydrogens (tertiary/aromatic N) is 5. The number of phenols is 1. The summed E-state index contributed by atoms with van der Waals surface area (Å²) in [4.78, 5) is 15.6. The minimum Gasteiger partial charge on any atom is -0.506 e. The van der Waals surface area contributed by atoms with E-state index < -0.39 is 0 Å². The number of benzene rings is 2.